The van der Waals surface area contributed by atoms with E-state index in [0.717, 1.165) is 73.6 Å². The molecule has 4 aliphatic rings. The van der Waals surface area contributed by atoms with E-state index in [4.69, 9.17) is 0 Å². The minimum Gasteiger partial charge on any atom is -0.268 e. The summed E-state index contributed by atoms with van der Waals surface area (Å²) in [6, 6.07) is 14.9. The molecule has 0 atom stereocenters. The molecular weight excluding hydrogens is 524 g/mol. The molecule has 42 heavy (non-hydrogen) atoms. The fourth-order valence-corrected chi connectivity index (χ4v) is 7.75. The SMILES string of the molecule is Cc1ccc2c(c1N1C(=O)c3ccc4c5c(ccc(c35)C1=O)C(=O)N(c1c(C)ccc3c1CCCC3)C4=O)CCCC2. The van der Waals surface area contributed by atoms with Gasteiger partial charge in [-0.15, -0.1) is 0 Å². The summed E-state index contributed by atoms with van der Waals surface area (Å²) in [6.45, 7) is 3.88. The lowest BCUT2D eigenvalue weighted by molar-refractivity contribution is 0.0872. The Hall–Kier alpha value is -4.58. The van der Waals surface area contributed by atoms with Crippen LogP contribution in [0.15, 0.2) is 48.5 Å². The molecule has 2 heterocycles. The smallest absolute Gasteiger partial charge is 0.266 e. The lowest BCUT2D eigenvalue weighted by atomic mass is 9.83. The first kappa shape index (κ1) is 25.2. The van der Waals surface area contributed by atoms with Crippen LogP contribution >= 0.6 is 0 Å². The Bertz CT molecular complexity index is 1740. The highest BCUT2D eigenvalue weighted by Gasteiger charge is 2.42. The van der Waals surface area contributed by atoms with Gasteiger partial charge in [0.25, 0.3) is 23.6 Å². The molecule has 0 saturated heterocycles. The third kappa shape index (κ3) is 3.26. The normalized spacial score (nSPS) is 17.6. The van der Waals surface area contributed by atoms with Crippen molar-refractivity contribution in [2.45, 2.75) is 65.2 Å². The summed E-state index contributed by atoms with van der Waals surface area (Å²) >= 11 is 0. The van der Waals surface area contributed by atoms with E-state index in [1.807, 2.05) is 26.0 Å². The lowest BCUT2D eigenvalue weighted by Crippen LogP contribution is -2.44. The van der Waals surface area contributed by atoms with E-state index in [0.29, 0.717) is 44.4 Å². The summed E-state index contributed by atoms with van der Waals surface area (Å²) in [4.78, 5) is 59.3. The van der Waals surface area contributed by atoms with Gasteiger partial charge >= 0.3 is 0 Å². The van der Waals surface area contributed by atoms with Crippen LogP contribution < -0.4 is 9.80 Å². The quantitative estimate of drug-likeness (QED) is 0.255. The van der Waals surface area contributed by atoms with Crippen LogP contribution in [0.4, 0.5) is 11.4 Å². The maximum atomic E-state index is 14.2. The number of carbonyl (C=O) groups is 4. The number of amides is 4. The number of anilines is 2. The zero-order chi connectivity index (χ0) is 28.9. The Kier molecular flexibility index (Phi) is 5.37. The van der Waals surface area contributed by atoms with Gasteiger partial charge in [0.2, 0.25) is 0 Å². The van der Waals surface area contributed by atoms with Crippen molar-refractivity contribution in [2.75, 3.05) is 9.80 Å². The van der Waals surface area contributed by atoms with E-state index in [1.165, 1.54) is 20.9 Å². The Morgan fingerprint density at radius 1 is 0.452 bits per heavy atom. The van der Waals surface area contributed by atoms with E-state index in [-0.39, 0.29) is 0 Å². The zero-order valence-corrected chi connectivity index (χ0v) is 23.8. The van der Waals surface area contributed by atoms with Gasteiger partial charge in [0.05, 0.1) is 11.4 Å². The van der Waals surface area contributed by atoms with Gasteiger partial charge in [0.1, 0.15) is 0 Å². The van der Waals surface area contributed by atoms with Crippen LogP contribution in [0.5, 0.6) is 0 Å². The number of hydrogen-bond acceptors (Lipinski definition) is 4. The molecule has 4 aromatic carbocycles. The summed E-state index contributed by atoms with van der Waals surface area (Å²) < 4.78 is 0. The second-order valence-electron chi connectivity index (χ2n) is 12.1. The number of benzene rings is 4. The van der Waals surface area contributed by atoms with Crippen LogP contribution in [-0.4, -0.2) is 23.6 Å². The Labute approximate surface area is 243 Å². The van der Waals surface area contributed by atoms with Crippen molar-refractivity contribution in [3.8, 4) is 0 Å². The average Bonchev–Trinajstić information content (AvgIpc) is 3.01. The molecule has 4 amide bonds. The average molecular weight is 555 g/mol. The number of carbonyl (C=O) groups excluding carboxylic acids is 4. The predicted molar refractivity (Wildman–Crippen MR) is 162 cm³/mol. The zero-order valence-electron chi connectivity index (χ0n) is 23.8. The molecule has 0 bridgehead atoms. The third-order valence-corrected chi connectivity index (χ3v) is 9.75. The second kappa shape index (κ2) is 8.96. The van der Waals surface area contributed by atoms with Crippen LogP contribution in [0, 0.1) is 13.8 Å². The minimum absolute atomic E-state index is 0.348. The number of fused-ring (bicyclic) bond motifs is 2. The van der Waals surface area contributed by atoms with Crippen molar-refractivity contribution in [2.24, 2.45) is 0 Å². The molecule has 0 N–H and O–H groups in total. The topological polar surface area (TPSA) is 74.8 Å². The predicted octanol–water partition coefficient (Wildman–Crippen LogP) is 6.82. The number of imide groups is 2. The van der Waals surface area contributed by atoms with Gasteiger partial charge in [0, 0.05) is 33.0 Å². The van der Waals surface area contributed by atoms with Crippen LogP contribution in [0.1, 0.15) is 100 Å². The fourth-order valence-electron chi connectivity index (χ4n) is 7.75. The molecular formula is C36H30N2O4. The van der Waals surface area contributed by atoms with E-state index >= 15 is 0 Å². The Morgan fingerprint density at radius 2 is 0.786 bits per heavy atom. The first-order chi connectivity index (χ1) is 20.4. The highest BCUT2D eigenvalue weighted by Crippen LogP contribution is 2.44. The summed E-state index contributed by atoms with van der Waals surface area (Å²) in [5.74, 6) is -1.63. The minimum atomic E-state index is -0.409. The molecule has 0 saturated carbocycles. The van der Waals surface area contributed by atoms with Gasteiger partial charge in [-0.1, -0.05) is 24.3 Å². The summed E-state index contributed by atoms with van der Waals surface area (Å²) in [6.07, 6.45) is 7.73. The lowest BCUT2D eigenvalue weighted by Gasteiger charge is -2.35. The molecule has 4 aromatic rings. The highest BCUT2D eigenvalue weighted by molar-refractivity contribution is 6.42. The van der Waals surface area contributed by atoms with Crippen molar-refractivity contribution >= 4 is 45.8 Å². The van der Waals surface area contributed by atoms with Crippen molar-refractivity contribution in [3.05, 3.63) is 104 Å². The first-order valence-corrected chi connectivity index (χ1v) is 15.0. The molecule has 6 nitrogen and oxygen atoms in total. The van der Waals surface area contributed by atoms with Crippen molar-refractivity contribution in [1.82, 2.24) is 0 Å². The molecule has 0 fully saturated rings. The van der Waals surface area contributed by atoms with Gasteiger partial charge in [-0.3, -0.25) is 19.2 Å². The second-order valence-corrected chi connectivity index (χ2v) is 12.1. The van der Waals surface area contributed by atoms with E-state index < -0.39 is 23.6 Å². The number of aryl methyl sites for hydroxylation is 4. The summed E-state index contributed by atoms with van der Waals surface area (Å²) in [5.41, 5.74) is 9.04. The van der Waals surface area contributed by atoms with E-state index in [1.54, 1.807) is 24.3 Å². The largest absolute Gasteiger partial charge is 0.268 e. The third-order valence-electron chi connectivity index (χ3n) is 9.75. The monoisotopic (exact) mass is 554 g/mol. The molecule has 8 rings (SSSR count). The molecule has 0 aromatic heterocycles. The standard InChI is InChI=1S/C36H30N2O4/c1-19-11-13-21-7-3-5-9-23(21)31(19)37-33(39)25-15-17-27-30-28(18-16-26(29(25)30)34(37)40)36(42)38(35(27)41)32-20(2)12-14-22-8-4-6-10-24(22)32/h11-18H,3-10H2,1-2H3. The van der Waals surface area contributed by atoms with Gasteiger partial charge in [-0.2, -0.15) is 0 Å². The molecule has 0 unspecified atom stereocenters. The maximum absolute atomic E-state index is 14.2. The highest BCUT2D eigenvalue weighted by atomic mass is 16.2. The Morgan fingerprint density at radius 3 is 1.14 bits per heavy atom. The molecule has 6 heteroatoms. The first-order valence-electron chi connectivity index (χ1n) is 15.0. The van der Waals surface area contributed by atoms with Gasteiger partial charge in [0.15, 0.2) is 0 Å². The molecule has 2 aliphatic carbocycles. The molecule has 0 radical (unpaired) electrons. The maximum Gasteiger partial charge on any atom is 0.266 e. The van der Waals surface area contributed by atoms with Crippen LogP contribution in [0.3, 0.4) is 0 Å². The molecule has 0 spiro atoms. The van der Waals surface area contributed by atoms with Crippen LogP contribution in [0.25, 0.3) is 10.8 Å². The molecule has 2 aliphatic heterocycles. The van der Waals surface area contributed by atoms with E-state index in [9.17, 15) is 19.2 Å². The van der Waals surface area contributed by atoms with Crippen LogP contribution in [0.2, 0.25) is 0 Å². The van der Waals surface area contributed by atoms with Crippen molar-refractivity contribution < 1.29 is 19.2 Å². The number of rotatable bonds is 2. The van der Waals surface area contributed by atoms with Gasteiger partial charge in [-0.05, 0) is 123 Å². The van der Waals surface area contributed by atoms with Gasteiger partial charge < -0.3 is 0 Å². The molecule has 208 valence electrons. The fraction of sp³-hybridized carbons (Fsp3) is 0.278. The number of hydrogen-bond donors (Lipinski definition) is 0. The number of nitrogens with zero attached hydrogens (tertiary/aromatic N) is 2. The Balaban J connectivity index is 1.31. The van der Waals surface area contributed by atoms with E-state index in [2.05, 4.69) is 12.1 Å². The van der Waals surface area contributed by atoms with Crippen molar-refractivity contribution in [3.63, 3.8) is 0 Å². The van der Waals surface area contributed by atoms with Crippen LogP contribution in [-0.2, 0) is 25.7 Å². The summed E-state index contributed by atoms with van der Waals surface area (Å²) in [7, 11) is 0. The summed E-state index contributed by atoms with van der Waals surface area (Å²) in [5, 5.41) is 0.818. The van der Waals surface area contributed by atoms with Gasteiger partial charge in [-0.25, -0.2) is 9.80 Å². The van der Waals surface area contributed by atoms with Crippen molar-refractivity contribution in [1.29, 1.82) is 0 Å².